The number of Topliss-reactive ketones (excluding diaryl/α,β-unsaturated/α-hetero) is 1. The van der Waals surface area contributed by atoms with Gasteiger partial charge in [-0.3, -0.25) is 9.59 Å². The third-order valence-corrected chi connectivity index (χ3v) is 5.94. The Morgan fingerprint density at radius 1 is 1.06 bits per heavy atom. The van der Waals surface area contributed by atoms with Crippen LogP contribution in [-0.2, 0) is 9.59 Å². The van der Waals surface area contributed by atoms with Gasteiger partial charge in [-0.2, -0.15) is 0 Å². The van der Waals surface area contributed by atoms with Crippen molar-refractivity contribution in [3.05, 3.63) is 59.2 Å². The number of ketones is 1. The molecule has 0 saturated carbocycles. The van der Waals surface area contributed by atoms with Gasteiger partial charge in [0.2, 0.25) is 0 Å². The van der Waals surface area contributed by atoms with Gasteiger partial charge in [-0.25, -0.2) is 0 Å². The van der Waals surface area contributed by atoms with Crippen LogP contribution in [0.15, 0.2) is 48.0 Å². The van der Waals surface area contributed by atoms with Crippen LogP contribution < -0.4 is 9.47 Å². The minimum absolute atomic E-state index is 0.000733. The van der Waals surface area contributed by atoms with Crippen molar-refractivity contribution in [3.63, 3.8) is 0 Å². The number of aliphatic hydroxyl groups is 1. The number of hydrogen-bond acceptors (Lipinski definition) is 7. The third-order valence-electron chi connectivity index (χ3n) is 5.94. The molecule has 2 aromatic rings. The molecular weight excluding hydrogens is 424 g/mol. The standard InChI is InChI=1S/C25H30N2O6/c1-5-26(6-2)12-13-27-22(16-8-7-9-17(28)14-16)21(24(30)25(27)31)23(29)19-15-18(32-3)10-11-20(19)33-4/h7-11,14-15,22,28-29H,5-6,12-13H2,1-4H3/b23-21+. The van der Waals surface area contributed by atoms with E-state index in [-0.39, 0.29) is 22.6 Å². The number of carbonyl (C=O) groups is 2. The number of methoxy groups -OCH3 is 2. The first-order valence-electron chi connectivity index (χ1n) is 10.9. The number of aliphatic hydroxyl groups excluding tert-OH is 1. The summed E-state index contributed by atoms with van der Waals surface area (Å²) in [6.07, 6.45) is 0. The molecule has 1 atom stereocenters. The van der Waals surface area contributed by atoms with Gasteiger partial charge >= 0.3 is 0 Å². The summed E-state index contributed by atoms with van der Waals surface area (Å²) in [5, 5.41) is 21.4. The Hall–Kier alpha value is -3.52. The number of likely N-dealkylation sites (N-methyl/N-ethyl adjacent to an activating group) is 1. The number of rotatable bonds is 9. The summed E-state index contributed by atoms with van der Waals surface area (Å²) in [6, 6.07) is 10.4. The summed E-state index contributed by atoms with van der Waals surface area (Å²) in [5.41, 5.74) is 0.706. The molecule has 1 saturated heterocycles. The molecule has 1 aliphatic rings. The van der Waals surface area contributed by atoms with Crippen molar-refractivity contribution < 1.29 is 29.3 Å². The number of amides is 1. The highest BCUT2D eigenvalue weighted by Gasteiger charge is 2.46. The quantitative estimate of drug-likeness (QED) is 0.341. The lowest BCUT2D eigenvalue weighted by molar-refractivity contribution is -0.140. The number of aromatic hydroxyl groups is 1. The number of phenols is 1. The van der Waals surface area contributed by atoms with E-state index >= 15 is 0 Å². The molecule has 1 amide bonds. The van der Waals surface area contributed by atoms with E-state index in [1.54, 1.807) is 30.3 Å². The molecule has 1 aliphatic heterocycles. The van der Waals surface area contributed by atoms with Crippen LogP contribution in [0.5, 0.6) is 17.2 Å². The van der Waals surface area contributed by atoms with Crippen molar-refractivity contribution in [2.75, 3.05) is 40.4 Å². The van der Waals surface area contributed by atoms with Crippen LogP contribution in [0, 0.1) is 0 Å². The average molecular weight is 455 g/mol. The van der Waals surface area contributed by atoms with Gasteiger partial charge in [-0.15, -0.1) is 0 Å². The number of carbonyl (C=O) groups excluding carboxylic acids is 2. The van der Waals surface area contributed by atoms with E-state index < -0.39 is 17.7 Å². The monoisotopic (exact) mass is 454 g/mol. The first-order valence-corrected chi connectivity index (χ1v) is 10.9. The van der Waals surface area contributed by atoms with Crippen molar-refractivity contribution in [2.24, 2.45) is 0 Å². The van der Waals surface area contributed by atoms with Gasteiger partial charge < -0.3 is 29.5 Å². The fourth-order valence-corrected chi connectivity index (χ4v) is 4.09. The SMILES string of the molecule is CCN(CC)CCN1C(=O)C(=O)/C(=C(/O)c2cc(OC)ccc2OC)C1c1cccc(O)c1. The third kappa shape index (κ3) is 4.80. The number of nitrogens with zero attached hydrogens (tertiary/aromatic N) is 2. The highest BCUT2D eigenvalue weighted by atomic mass is 16.5. The molecular formula is C25H30N2O6. The molecule has 8 heteroatoms. The molecule has 2 aromatic carbocycles. The summed E-state index contributed by atoms with van der Waals surface area (Å²) in [4.78, 5) is 29.9. The smallest absolute Gasteiger partial charge is 0.295 e. The van der Waals surface area contributed by atoms with E-state index in [1.165, 1.54) is 31.3 Å². The summed E-state index contributed by atoms with van der Waals surface area (Å²) in [5.74, 6) is -1.05. The zero-order valence-corrected chi connectivity index (χ0v) is 19.4. The first kappa shape index (κ1) is 24.1. The Balaban J connectivity index is 2.18. The van der Waals surface area contributed by atoms with Crippen LogP contribution >= 0.6 is 0 Å². The zero-order valence-electron chi connectivity index (χ0n) is 19.4. The summed E-state index contributed by atoms with van der Waals surface area (Å²) in [7, 11) is 2.94. The molecule has 1 heterocycles. The Labute approximate surface area is 193 Å². The fraction of sp³-hybridized carbons (Fsp3) is 0.360. The maximum absolute atomic E-state index is 13.2. The molecule has 1 unspecified atom stereocenters. The minimum Gasteiger partial charge on any atom is -0.508 e. The number of ether oxygens (including phenoxy) is 2. The predicted octanol–water partition coefficient (Wildman–Crippen LogP) is 3.17. The van der Waals surface area contributed by atoms with E-state index in [1.807, 2.05) is 13.8 Å². The lowest BCUT2D eigenvalue weighted by Gasteiger charge is -2.28. The van der Waals surface area contributed by atoms with Crippen LogP contribution in [0.2, 0.25) is 0 Å². The second kappa shape index (κ2) is 10.4. The van der Waals surface area contributed by atoms with Gasteiger partial charge in [0, 0.05) is 13.1 Å². The predicted molar refractivity (Wildman–Crippen MR) is 124 cm³/mol. The highest BCUT2D eigenvalue weighted by molar-refractivity contribution is 6.46. The maximum atomic E-state index is 13.2. The van der Waals surface area contributed by atoms with E-state index in [4.69, 9.17) is 9.47 Å². The highest BCUT2D eigenvalue weighted by Crippen LogP contribution is 2.42. The first-order chi connectivity index (χ1) is 15.9. The lowest BCUT2D eigenvalue weighted by atomic mass is 9.94. The summed E-state index contributed by atoms with van der Waals surface area (Å²) in [6.45, 7) is 6.52. The molecule has 33 heavy (non-hydrogen) atoms. The van der Waals surface area contributed by atoms with Gasteiger partial charge in [-0.05, 0) is 49.0 Å². The lowest BCUT2D eigenvalue weighted by Crippen LogP contribution is -2.38. The normalized spacial score (nSPS) is 17.6. The molecule has 0 bridgehead atoms. The molecule has 0 spiro atoms. The van der Waals surface area contributed by atoms with Crippen LogP contribution in [0.3, 0.4) is 0 Å². The van der Waals surface area contributed by atoms with Gasteiger partial charge in [0.25, 0.3) is 11.7 Å². The van der Waals surface area contributed by atoms with Crippen molar-refractivity contribution >= 4 is 17.4 Å². The van der Waals surface area contributed by atoms with Crippen LogP contribution in [-0.4, -0.2) is 72.1 Å². The van der Waals surface area contributed by atoms with Crippen LogP contribution in [0.4, 0.5) is 0 Å². The zero-order chi connectivity index (χ0) is 24.1. The minimum atomic E-state index is -0.858. The molecule has 0 aromatic heterocycles. The molecule has 0 aliphatic carbocycles. The largest absolute Gasteiger partial charge is 0.508 e. The Morgan fingerprint density at radius 3 is 2.39 bits per heavy atom. The Morgan fingerprint density at radius 2 is 1.79 bits per heavy atom. The van der Waals surface area contributed by atoms with Crippen LogP contribution in [0.1, 0.15) is 31.0 Å². The number of hydrogen-bond donors (Lipinski definition) is 2. The molecule has 176 valence electrons. The molecule has 3 rings (SSSR count). The van der Waals surface area contributed by atoms with E-state index in [0.717, 1.165) is 13.1 Å². The summed E-state index contributed by atoms with van der Waals surface area (Å²) < 4.78 is 10.6. The topological polar surface area (TPSA) is 99.5 Å². The molecule has 2 N–H and O–H groups in total. The molecule has 8 nitrogen and oxygen atoms in total. The van der Waals surface area contributed by atoms with Crippen molar-refractivity contribution in [1.82, 2.24) is 9.80 Å². The number of likely N-dealkylation sites (tertiary alicyclic amines) is 1. The van der Waals surface area contributed by atoms with Gasteiger partial charge in [-0.1, -0.05) is 26.0 Å². The second-order valence-corrected chi connectivity index (χ2v) is 7.68. The number of phenolic OH excluding ortho intramolecular Hbond substituents is 1. The Bertz CT molecular complexity index is 1060. The van der Waals surface area contributed by atoms with Crippen molar-refractivity contribution in [3.8, 4) is 17.2 Å². The second-order valence-electron chi connectivity index (χ2n) is 7.68. The van der Waals surface area contributed by atoms with E-state index in [2.05, 4.69) is 4.90 Å². The fourth-order valence-electron chi connectivity index (χ4n) is 4.09. The summed E-state index contributed by atoms with van der Waals surface area (Å²) >= 11 is 0. The molecule has 1 fully saturated rings. The number of benzene rings is 2. The van der Waals surface area contributed by atoms with Crippen molar-refractivity contribution in [1.29, 1.82) is 0 Å². The van der Waals surface area contributed by atoms with E-state index in [9.17, 15) is 19.8 Å². The van der Waals surface area contributed by atoms with Crippen LogP contribution in [0.25, 0.3) is 5.76 Å². The average Bonchev–Trinajstić information content (AvgIpc) is 3.08. The van der Waals surface area contributed by atoms with Gasteiger partial charge in [0.1, 0.15) is 23.0 Å². The molecule has 0 radical (unpaired) electrons. The van der Waals surface area contributed by atoms with Gasteiger partial charge in [0.15, 0.2) is 0 Å². The maximum Gasteiger partial charge on any atom is 0.295 e. The Kier molecular flexibility index (Phi) is 7.60. The van der Waals surface area contributed by atoms with Gasteiger partial charge in [0.05, 0.1) is 31.4 Å². The van der Waals surface area contributed by atoms with E-state index in [0.29, 0.717) is 30.2 Å². The van der Waals surface area contributed by atoms with Crippen molar-refractivity contribution in [2.45, 2.75) is 19.9 Å².